The number of hydrogen-bond acceptors (Lipinski definition) is 4. The standard InChI is InChI=1S/C14H16BrN3O2S/c1-16-21(19,20)10-12-4-2-3-11(7-12)8-17-14-6-5-13(15)9-18-14/h2-7,9,16H,8,10H2,1H3,(H,17,18). The smallest absolute Gasteiger partial charge is 0.215 e. The summed E-state index contributed by atoms with van der Waals surface area (Å²) >= 11 is 3.33. The highest BCUT2D eigenvalue weighted by molar-refractivity contribution is 9.10. The first-order chi connectivity index (χ1) is 9.98. The summed E-state index contributed by atoms with van der Waals surface area (Å²) in [6, 6.07) is 11.3. The Kier molecular flexibility index (Phi) is 5.33. The van der Waals surface area contributed by atoms with E-state index in [2.05, 4.69) is 31.0 Å². The molecule has 21 heavy (non-hydrogen) atoms. The van der Waals surface area contributed by atoms with Crippen molar-refractivity contribution in [2.24, 2.45) is 0 Å². The first kappa shape index (κ1) is 15.9. The number of halogens is 1. The third-order valence-electron chi connectivity index (χ3n) is 2.86. The predicted molar refractivity (Wildman–Crippen MR) is 87.4 cm³/mol. The highest BCUT2D eigenvalue weighted by Gasteiger charge is 2.08. The van der Waals surface area contributed by atoms with Crippen LogP contribution in [0.5, 0.6) is 0 Å². The molecule has 0 aliphatic carbocycles. The summed E-state index contributed by atoms with van der Waals surface area (Å²) in [5.74, 6) is 0.750. The van der Waals surface area contributed by atoms with Crippen molar-refractivity contribution in [2.45, 2.75) is 12.3 Å². The van der Waals surface area contributed by atoms with Crippen LogP contribution in [0, 0.1) is 0 Å². The predicted octanol–water partition coefficient (Wildman–Crippen LogP) is 2.51. The lowest BCUT2D eigenvalue weighted by Crippen LogP contribution is -2.20. The van der Waals surface area contributed by atoms with Crippen LogP contribution in [0.15, 0.2) is 47.1 Å². The van der Waals surface area contributed by atoms with Crippen molar-refractivity contribution in [2.75, 3.05) is 12.4 Å². The second-order valence-electron chi connectivity index (χ2n) is 4.50. The first-order valence-corrected chi connectivity index (χ1v) is 8.77. The molecular weight excluding hydrogens is 354 g/mol. The van der Waals surface area contributed by atoms with Crippen LogP contribution in [0.4, 0.5) is 5.82 Å². The minimum absolute atomic E-state index is 0.0200. The molecule has 0 bridgehead atoms. The van der Waals surface area contributed by atoms with Crippen molar-refractivity contribution in [1.29, 1.82) is 0 Å². The Bertz CT molecular complexity index is 702. The number of nitrogens with zero attached hydrogens (tertiary/aromatic N) is 1. The molecule has 0 radical (unpaired) electrons. The van der Waals surface area contributed by atoms with E-state index >= 15 is 0 Å². The van der Waals surface area contributed by atoms with E-state index in [-0.39, 0.29) is 5.75 Å². The normalized spacial score (nSPS) is 11.3. The highest BCUT2D eigenvalue weighted by atomic mass is 79.9. The number of pyridine rings is 1. The van der Waals surface area contributed by atoms with E-state index in [4.69, 9.17) is 0 Å². The maximum atomic E-state index is 11.6. The molecule has 2 N–H and O–H groups in total. The molecule has 0 saturated heterocycles. The van der Waals surface area contributed by atoms with Crippen LogP contribution in [0.1, 0.15) is 11.1 Å². The van der Waals surface area contributed by atoms with E-state index in [1.165, 1.54) is 7.05 Å². The van der Waals surface area contributed by atoms with Gasteiger partial charge in [0.1, 0.15) is 5.82 Å². The molecule has 0 aliphatic rings. The molecule has 0 spiro atoms. The van der Waals surface area contributed by atoms with Crippen molar-refractivity contribution in [3.63, 3.8) is 0 Å². The Morgan fingerprint density at radius 2 is 1.95 bits per heavy atom. The summed E-state index contributed by atoms with van der Waals surface area (Å²) in [5, 5.41) is 3.20. The van der Waals surface area contributed by atoms with Gasteiger partial charge in [-0.15, -0.1) is 0 Å². The zero-order chi connectivity index (χ0) is 15.3. The van der Waals surface area contributed by atoms with Gasteiger partial charge in [0.25, 0.3) is 0 Å². The molecule has 1 aromatic carbocycles. The van der Waals surface area contributed by atoms with Gasteiger partial charge in [-0.2, -0.15) is 0 Å². The van der Waals surface area contributed by atoms with E-state index in [1.807, 2.05) is 30.3 Å². The fraction of sp³-hybridized carbons (Fsp3) is 0.214. The summed E-state index contributed by atoms with van der Waals surface area (Å²) < 4.78 is 26.3. The van der Waals surface area contributed by atoms with Crippen LogP contribution in [0.2, 0.25) is 0 Å². The molecule has 0 aliphatic heterocycles. The van der Waals surface area contributed by atoms with Crippen molar-refractivity contribution < 1.29 is 8.42 Å². The van der Waals surface area contributed by atoms with Crippen molar-refractivity contribution in [3.8, 4) is 0 Å². The number of anilines is 1. The third kappa shape index (κ3) is 5.11. The molecule has 0 amide bonds. The third-order valence-corrected chi connectivity index (χ3v) is 4.66. The van der Waals surface area contributed by atoms with E-state index in [9.17, 15) is 8.42 Å². The molecule has 7 heteroatoms. The SMILES string of the molecule is CNS(=O)(=O)Cc1cccc(CNc2ccc(Br)cn2)c1. The van der Waals surface area contributed by atoms with E-state index < -0.39 is 10.0 Å². The van der Waals surface area contributed by atoms with E-state index in [0.29, 0.717) is 6.54 Å². The molecule has 112 valence electrons. The number of nitrogens with one attached hydrogen (secondary N) is 2. The molecular formula is C14H16BrN3O2S. The van der Waals surface area contributed by atoms with Crippen molar-refractivity contribution in [1.82, 2.24) is 9.71 Å². The Morgan fingerprint density at radius 3 is 2.62 bits per heavy atom. The summed E-state index contributed by atoms with van der Waals surface area (Å²) in [6.45, 7) is 0.585. The van der Waals surface area contributed by atoms with Crippen molar-refractivity contribution in [3.05, 3.63) is 58.2 Å². The Labute approximate surface area is 133 Å². The Hall–Kier alpha value is -1.44. The van der Waals surface area contributed by atoms with Crippen LogP contribution >= 0.6 is 15.9 Å². The number of rotatable bonds is 6. The molecule has 2 rings (SSSR count). The highest BCUT2D eigenvalue weighted by Crippen LogP contribution is 2.13. The average molecular weight is 370 g/mol. The molecule has 5 nitrogen and oxygen atoms in total. The van der Waals surface area contributed by atoms with Gasteiger partial charge in [0, 0.05) is 17.2 Å². The molecule has 1 heterocycles. The lowest BCUT2D eigenvalue weighted by Gasteiger charge is -2.08. The molecule has 0 atom stereocenters. The van der Waals surface area contributed by atoms with E-state index in [0.717, 1.165) is 21.4 Å². The molecule has 0 unspecified atom stereocenters. The van der Waals surface area contributed by atoms with Gasteiger partial charge in [-0.3, -0.25) is 0 Å². The largest absolute Gasteiger partial charge is 0.366 e. The first-order valence-electron chi connectivity index (χ1n) is 6.33. The van der Waals surface area contributed by atoms with Crippen LogP contribution in [-0.2, 0) is 22.3 Å². The molecule has 0 fully saturated rings. The van der Waals surface area contributed by atoms with Gasteiger partial charge >= 0.3 is 0 Å². The van der Waals surface area contributed by atoms with Crippen LogP contribution in [0.25, 0.3) is 0 Å². The van der Waals surface area contributed by atoms with Gasteiger partial charge < -0.3 is 5.32 Å². The summed E-state index contributed by atoms with van der Waals surface area (Å²) in [7, 11) is -1.83. The van der Waals surface area contributed by atoms with E-state index in [1.54, 1.807) is 12.3 Å². The second kappa shape index (κ2) is 7.02. The zero-order valence-electron chi connectivity index (χ0n) is 11.5. The summed E-state index contributed by atoms with van der Waals surface area (Å²) in [5.41, 5.74) is 1.76. The van der Waals surface area contributed by atoms with Crippen LogP contribution in [0.3, 0.4) is 0 Å². The van der Waals surface area contributed by atoms with Gasteiger partial charge in [-0.25, -0.2) is 18.1 Å². The zero-order valence-corrected chi connectivity index (χ0v) is 13.9. The number of benzene rings is 1. The van der Waals surface area contributed by atoms with Gasteiger partial charge in [-0.1, -0.05) is 24.3 Å². The fourth-order valence-electron chi connectivity index (χ4n) is 1.79. The number of sulfonamides is 1. The number of hydrogen-bond donors (Lipinski definition) is 2. The summed E-state index contributed by atoms with van der Waals surface area (Å²) in [6.07, 6.45) is 1.72. The topological polar surface area (TPSA) is 71.1 Å². The maximum Gasteiger partial charge on any atom is 0.215 e. The second-order valence-corrected chi connectivity index (χ2v) is 7.34. The minimum Gasteiger partial charge on any atom is -0.366 e. The number of aromatic nitrogens is 1. The van der Waals surface area contributed by atoms with Gasteiger partial charge in [0.15, 0.2) is 0 Å². The quantitative estimate of drug-likeness (QED) is 0.820. The summed E-state index contributed by atoms with van der Waals surface area (Å²) in [4.78, 5) is 4.22. The Morgan fingerprint density at radius 1 is 1.19 bits per heavy atom. The lowest BCUT2D eigenvalue weighted by molar-refractivity contribution is 0.587. The fourth-order valence-corrected chi connectivity index (χ4v) is 2.79. The minimum atomic E-state index is -3.25. The van der Waals surface area contributed by atoms with Crippen LogP contribution in [-0.4, -0.2) is 20.4 Å². The average Bonchev–Trinajstić information content (AvgIpc) is 2.47. The molecule has 1 aromatic heterocycles. The van der Waals surface area contributed by atoms with Crippen molar-refractivity contribution >= 4 is 31.8 Å². The Balaban J connectivity index is 2.02. The van der Waals surface area contributed by atoms with Crippen LogP contribution < -0.4 is 10.0 Å². The van der Waals surface area contributed by atoms with Gasteiger partial charge in [-0.05, 0) is 46.2 Å². The molecule has 0 saturated carbocycles. The monoisotopic (exact) mass is 369 g/mol. The molecule has 2 aromatic rings. The maximum absolute atomic E-state index is 11.6. The lowest BCUT2D eigenvalue weighted by atomic mass is 10.1. The van der Waals surface area contributed by atoms with Gasteiger partial charge in [0.05, 0.1) is 5.75 Å². The van der Waals surface area contributed by atoms with Gasteiger partial charge in [0.2, 0.25) is 10.0 Å².